The SMILES string of the molecule is Cc1ccc(OCCCCO)c(C)c1. The first-order valence-electron chi connectivity index (χ1n) is 5.05. The number of aliphatic hydroxyl groups is 1. The molecule has 2 heteroatoms. The summed E-state index contributed by atoms with van der Waals surface area (Å²) < 4.78 is 5.58. The average molecular weight is 194 g/mol. The summed E-state index contributed by atoms with van der Waals surface area (Å²) in [5, 5.41) is 8.60. The third kappa shape index (κ3) is 3.38. The van der Waals surface area contributed by atoms with E-state index in [-0.39, 0.29) is 6.61 Å². The van der Waals surface area contributed by atoms with Gasteiger partial charge in [-0.3, -0.25) is 0 Å². The number of hydrogen-bond donors (Lipinski definition) is 1. The predicted octanol–water partition coefficient (Wildman–Crippen LogP) is 2.45. The fourth-order valence-electron chi connectivity index (χ4n) is 1.36. The van der Waals surface area contributed by atoms with E-state index in [1.807, 2.05) is 19.1 Å². The van der Waals surface area contributed by atoms with Crippen LogP contribution in [0.5, 0.6) is 5.75 Å². The quantitative estimate of drug-likeness (QED) is 0.729. The first-order chi connectivity index (χ1) is 6.74. The molecule has 14 heavy (non-hydrogen) atoms. The van der Waals surface area contributed by atoms with E-state index in [0.717, 1.165) is 18.6 Å². The molecule has 0 heterocycles. The third-order valence-electron chi connectivity index (χ3n) is 2.14. The zero-order valence-electron chi connectivity index (χ0n) is 8.92. The molecule has 1 N–H and O–H groups in total. The van der Waals surface area contributed by atoms with Crippen molar-refractivity contribution >= 4 is 0 Å². The average Bonchev–Trinajstić information content (AvgIpc) is 2.15. The summed E-state index contributed by atoms with van der Waals surface area (Å²) in [5.41, 5.74) is 2.43. The molecule has 0 aliphatic heterocycles. The molecule has 0 spiro atoms. The van der Waals surface area contributed by atoms with Crippen molar-refractivity contribution in [2.75, 3.05) is 13.2 Å². The number of rotatable bonds is 5. The van der Waals surface area contributed by atoms with Gasteiger partial charge in [0.1, 0.15) is 5.75 Å². The minimum atomic E-state index is 0.246. The number of ether oxygens (including phenoxy) is 1. The Kier molecular flexibility index (Phi) is 4.47. The van der Waals surface area contributed by atoms with E-state index in [0.29, 0.717) is 6.61 Å². The number of aliphatic hydroxyl groups excluding tert-OH is 1. The smallest absolute Gasteiger partial charge is 0.122 e. The molecule has 0 saturated carbocycles. The Bertz CT molecular complexity index is 282. The van der Waals surface area contributed by atoms with Crippen LogP contribution in [0.2, 0.25) is 0 Å². The van der Waals surface area contributed by atoms with Crippen LogP contribution in [-0.4, -0.2) is 18.3 Å². The lowest BCUT2D eigenvalue weighted by molar-refractivity contribution is 0.252. The van der Waals surface area contributed by atoms with Crippen LogP contribution in [0, 0.1) is 13.8 Å². The summed E-state index contributed by atoms with van der Waals surface area (Å²) in [6.07, 6.45) is 1.72. The minimum absolute atomic E-state index is 0.246. The van der Waals surface area contributed by atoms with Crippen LogP contribution >= 0.6 is 0 Å². The van der Waals surface area contributed by atoms with Crippen molar-refractivity contribution in [1.29, 1.82) is 0 Å². The van der Waals surface area contributed by atoms with E-state index in [9.17, 15) is 0 Å². The fourth-order valence-corrected chi connectivity index (χ4v) is 1.36. The van der Waals surface area contributed by atoms with E-state index in [1.54, 1.807) is 0 Å². The Labute approximate surface area is 85.5 Å². The molecule has 0 radical (unpaired) electrons. The Balaban J connectivity index is 2.42. The highest BCUT2D eigenvalue weighted by molar-refractivity contribution is 5.35. The third-order valence-corrected chi connectivity index (χ3v) is 2.14. The van der Waals surface area contributed by atoms with Gasteiger partial charge in [0.05, 0.1) is 6.61 Å². The Hall–Kier alpha value is -1.02. The fraction of sp³-hybridized carbons (Fsp3) is 0.500. The molecule has 0 amide bonds. The van der Waals surface area contributed by atoms with E-state index >= 15 is 0 Å². The highest BCUT2D eigenvalue weighted by Gasteiger charge is 1.98. The summed E-state index contributed by atoms with van der Waals surface area (Å²) in [6, 6.07) is 6.17. The maximum absolute atomic E-state index is 8.60. The van der Waals surface area contributed by atoms with Gasteiger partial charge in [-0.1, -0.05) is 17.7 Å². The second kappa shape index (κ2) is 5.66. The van der Waals surface area contributed by atoms with Gasteiger partial charge in [-0.25, -0.2) is 0 Å². The van der Waals surface area contributed by atoms with Crippen molar-refractivity contribution in [2.45, 2.75) is 26.7 Å². The van der Waals surface area contributed by atoms with Gasteiger partial charge in [0.2, 0.25) is 0 Å². The van der Waals surface area contributed by atoms with Gasteiger partial charge in [-0.2, -0.15) is 0 Å². The van der Waals surface area contributed by atoms with Crippen LogP contribution in [0.3, 0.4) is 0 Å². The number of hydrogen-bond acceptors (Lipinski definition) is 2. The summed E-state index contributed by atoms with van der Waals surface area (Å²) in [6.45, 7) is 5.05. The lowest BCUT2D eigenvalue weighted by Gasteiger charge is -2.08. The second-order valence-electron chi connectivity index (χ2n) is 3.55. The molecule has 0 aliphatic rings. The largest absolute Gasteiger partial charge is 0.493 e. The van der Waals surface area contributed by atoms with Crippen molar-refractivity contribution in [2.24, 2.45) is 0 Å². The Morgan fingerprint density at radius 2 is 2.00 bits per heavy atom. The van der Waals surface area contributed by atoms with E-state index in [2.05, 4.69) is 13.0 Å². The summed E-state index contributed by atoms with van der Waals surface area (Å²) in [7, 11) is 0. The van der Waals surface area contributed by atoms with Gasteiger partial charge in [0, 0.05) is 6.61 Å². The highest BCUT2D eigenvalue weighted by Crippen LogP contribution is 2.18. The van der Waals surface area contributed by atoms with Crippen LogP contribution < -0.4 is 4.74 Å². The number of unbranched alkanes of at least 4 members (excludes halogenated alkanes) is 1. The monoisotopic (exact) mass is 194 g/mol. The normalized spacial score (nSPS) is 10.2. The standard InChI is InChI=1S/C12H18O2/c1-10-5-6-12(11(2)9-10)14-8-4-3-7-13/h5-6,9,13H,3-4,7-8H2,1-2H3. The molecule has 0 unspecified atom stereocenters. The van der Waals surface area contributed by atoms with Crippen molar-refractivity contribution in [3.05, 3.63) is 29.3 Å². The maximum Gasteiger partial charge on any atom is 0.122 e. The van der Waals surface area contributed by atoms with Crippen molar-refractivity contribution in [1.82, 2.24) is 0 Å². The van der Waals surface area contributed by atoms with Crippen LogP contribution in [0.25, 0.3) is 0 Å². The molecule has 1 rings (SSSR count). The van der Waals surface area contributed by atoms with E-state index < -0.39 is 0 Å². The summed E-state index contributed by atoms with van der Waals surface area (Å²) in [4.78, 5) is 0. The summed E-state index contributed by atoms with van der Waals surface area (Å²) in [5.74, 6) is 0.952. The zero-order valence-corrected chi connectivity index (χ0v) is 8.92. The first-order valence-corrected chi connectivity index (χ1v) is 5.05. The molecule has 0 aromatic heterocycles. The van der Waals surface area contributed by atoms with Gasteiger partial charge in [0.25, 0.3) is 0 Å². The predicted molar refractivity (Wildman–Crippen MR) is 57.7 cm³/mol. The van der Waals surface area contributed by atoms with Crippen LogP contribution in [-0.2, 0) is 0 Å². The first kappa shape index (κ1) is 11.1. The molecule has 0 bridgehead atoms. The zero-order chi connectivity index (χ0) is 10.4. The van der Waals surface area contributed by atoms with Gasteiger partial charge in [0.15, 0.2) is 0 Å². The molecule has 1 aromatic carbocycles. The molecule has 2 nitrogen and oxygen atoms in total. The second-order valence-corrected chi connectivity index (χ2v) is 3.55. The number of benzene rings is 1. The van der Waals surface area contributed by atoms with Gasteiger partial charge >= 0.3 is 0 Å². The van der Waals surface area contributed by atoms with Crippen molar-refractivity contribution < 1.29 is 9.84 Å². The summed E-state index contributed by atoms with van der Waals surface area (Å²) >= 11 is 0. The van der Waals surface area contributed by atoms with Gasteiger partial charge in [-0.15, -0.1) is 0 Å². The van der Waals surface area contributed by atoms with Crippen LogP contribution in [0.15, 0.2) is 18.2 Å². The lowest BCUT2D eigenvalue weighted by Crippen LogP contribution is -2.00. The topological polar surface area (TPSA) is 29.5 Å². The minimum Gasteiger partial charge on any atom is -0.493 e. The number of aryl methyl sites for hydroxylation is 2. The van der Waals surface area contributed by atoms with E-state index in [4.69, 9.17) is 9.84 Å². The molecular formula is C12H18O2. The van der Waals surface area contributed by atoms with Crippen molar-refractivity contribution in [3.8, 4) is 5.75 Å². The van der Waals surface area contributed by atoms with Crippen LogP contribution in [0.4, 0.5) is 0 Å². The van der Waals surface area contributed by atoms with E-state index in [1.165, 1.54) is 11.1 Å². The molecule has 1 aromatic rings. The molecule has 0 saturated heterocycles. The lowest BCUT2D eigenvalue weighted by atomic mass is 10.1. The Morgan fingerprint density at radius 3 is 2.64 bits per heavy atom. The molecule has 0 aliphatic carbocycles. The maximum atomic E-state index is 8.60. The molecule has 78 valence electrons. The molecule has 0 fully saturated rings. The van der Waals surface area contributed by atoms with Crippen molar-refractivity contribution in [3.63, 3.8) is 0 Å². The van der Waals surface area contributed by atoms with Crippen LogP contribution in [0.1, 0.15) is 24.0 Å². The van der Waals surface area contributed by atoms with Gasteiger partial charge in [-0.05, 0) is 38.3 Å². The molecule has 0 atom stereocenters. The highest BCUT2D eigenvalue weighted by atomic mass is 16.5. The Morgan fingerprint density at radius 1 is 1.21 bits per heavy atom. The molecular weight excluding hydrogens is 176 g/mol. The van der Waals surface area contributed by atoms with Gasteiger partial charge < -0.3 is 9.84 Å².